The number of aryl methyl sites for hydroxylation is 1. The second-order valence-corrected chi connectivity index (χ2v) is 25.3. The fourth-order valence-electron chi connectivity index (χ4n) is 12.9. The summed E-state index contributed by atoms with van der Waals surface area (Å²) >= 11 is 0. The van der Waals surface area contributed by atoms with Gasteiger partial charge in [0.25, 0.3) is 0 Å². The summed E-state index contributed by atoms with van der Waals surface area (Å²) in [6.07, 6.45) is -67.1. The molecule has 14 bridgehead atoms. The summed E-state index contributed by atoms with van der Waals surface area (Å²) in [6.45, 7) is -2.32. The maximum absolute atomic E-state index is 13.3. The number of hydrogen-bond donors (Lipinski definition) is 20. The number of nitrogens with one attached hydrogen (secondary N) is 1. The van der Waals surface area contributed by atoms with Crippen molar-refractivity contribution < 1.29 is 173 Å². The molecule has 2 aromatic heterocycles. The molecule has 42 heteroatoms. The van der Waals surface area contributed by atoms with Crippen LogP contribution in [0.5, 0.6) is 0 Å². The number of hydrogen-bond acceptors (Lipinski definition) is 40. The van der Waals surface area contributed by atoms with E-state index in [0.29, 0.717) is 38.0 Å². The quantitative estimate of drug-likeness (QED) is 0.0487. The zero-order chi connectivity index (χ0) is 70.7. The van der Waals surface area contributed by atoms with Gasteiger partial charge in [0.1, 0.15) is 182 Å². The molecule has 23 rings (SSSR count). The molecule has 2 aromatic rings. The second-order valence-electron chi connectivity index (χ2n) is 25.3. The number of ether oxygens (including phenoxy) is 14. The molecule has 42 nitrogen and oxygen atoms in total. The average Bonchev–Trinajstić information content (AvgIpc) is 0.946. The third kappa shape index (κ3) is 16.7. The molecule has 35 atom stereocenters. The van der Waals surface area contributed by atoms with Crippen LogP contribution in [0.3, 0.4) is 0 Å². The first-order chi connectivity index (χ1) is 46.8. The summed E-state index contributed by atoms with van der Waals surface area (Å²) in [5.41, 5.74) is 0.246. The third-order valence-corrected chi connectivity index (χ3v) is 18.3. The van der Waals surface area contributed by atoms with Gasteiger partial charge >= 0.3 is 0 Å². The van der Waals surface area contributed by atoms with Gasteiger partial charge in [0, 0.05) is 19.0 Å². The Labute approximate surface area is 556 Å². The van der Waals surface area contributed by atoms with Gasteiger partial charge in [0.2, 0.25) is 0 Å². The molecule has 98 heavy (non-hydrogen) atoms. The van der Waals surface area contributed by atoms with Gasteiger partial charge in [-0.1, -0.05) is 10.4 Å². The SMILES string of the molecule is CC(=O)CCCNCCCC(=O)c1cn(CC2O[C@H]3O[C@H]4C(CO)O[C@@H](O[C@H]5C(CO)O[C@H](O[C@H]6C(Cn7cc(C)nn7)O[C@H](O[C@H]7C(CO)O[C@@H](O[C@H]8C(CO)O[C@@H](O[C@H]9C(CO)O[C@@H](O[C@@H]2[C@H](O)C3O)C(O)[C@H]9O)C(O)[C@H]8O)C(O)[C@H]7O)C(O)[C@H]6O)C(O)[C@H]5O)C(O)[C@H]4O)nn1. The molecule has 0 spiro atoms. The third-order valence-electron chi connectivity index (χ3n) is 18.3. The Kier molecular flexibility index (Phi) is 26.5. The standard InChI is InChI=1S/C56H89N7O35/c1-18-9-62(60-58-18)11-22-43-29(71)36(78)50(85-22)94-45-24(13-64)89-55(40(82)33(45)75)98-49-28(17-68)91-56(42(84)35(49)77)97-48-27(16-67)88-53(39(81)32(48)74)93-44-23(12-63-10-20(59-61-63)21(70)6-4-8-57-7-3-5-19(2)69)86-51(37(79)30(44)72)95-46-25(14-65)90-54(41(83)34(46)76)96-47-26(15-66)87-52(92-43)38(80)31(47)73/h9-10,22-57,64-68,71-84H,3-8,11-17H2,1-2H3/t22?,23?,24?,25?,26?,27?,28?,29-,30-,31-,32-,33-,34-,35-,36?,37?,38?,39?,40?,41?,42?,43+,44+,45+,46+,47+,48+,49+,50-,51+,52-,53+,54+,55+,56+/m1/s1. The van der Waals surface area contributed by atoms with Crippen molar-refractivity contribution in [2.75, 3.05) is 46.1 Å². The number of rotatable bonds is 18. The average molecular weight is 1420 g/mol. The minimum Gasteiger partial charge on any atom is -0.394 e. The molecular formula is C56H89N7O35. The molecule has 0 saturated carbocycles. The maximum Gasteiger partial charge on any atom is 0.187 e. The molecule has 21 fully saturated rings. The molecule has 0 radical (unpaired) electrons. The van der Waals surface area contributed by atoms with Crippen LogP contribution < -0.4 is 5.32 Å². The minimum absolute atomic E-state index is 0.00769. The van der Waals surface area contributed by atoms with Crippen LogP contribution in [0.1, 0.15) is 48.8 Å². The lowest BCUT2D eigenvalue weighted by molar-refractivity contribution is -0.396. The Hall–Kier alpha value is -3.74. The lowest BCUT2D eigenvalue weighted by Gasteiger charge is -2.50. The molecular weight excluding hydrogens is 1330 g/mol. The molecule has 21 saturated heterocycles. The zero-order valence-electron chi connectivity index (χ0n) is 52.8. The van der Waals surface area contributed by atoms with E-state index in [1.807, 2.05) is 0 Å². The van der Waals surface area contributed by atoms with Crippen molar-refractivity contribution in [3.05, 3.63) is 23.8 Å². The lowest BCUT2D eigenvalue weighted by atomic mass is 9.95. The van der Waals surface area contributed by atoms with E-state index >= 15 is 0 Å². The van der Waals surface area contributed by atoms with E-state index in [1.165, 1.54) is 24.0 Å². The highest BCUT2D eigenvalue weighted by molar-refractivity contribution is 5.93. The Bertz CT molecular complexity index is 2830. The fraction of sp³-hybridized carbons (Fsp3) is 0.893. The first-order valence-electron chi connectivity index (χ1n) is 32.0. The molecule has 20 N–H and O–H groups in total. The molecule has 23 heterocycles. The van der Waals surface area contributed by atoms with Crippen LogP contribution >= 0.6 is 0 Å². The van der Waals surface area contributed by atoms with Gasteiger partial charge in [0.15, 0.2) is 49.8 Å². The van der Waals surface area contributed by atoms with Crippen LogP contribution in [0.25, 0.3) is 0 Å². The first kappa shape index (κ1) is 76.9. The van der Waals surface area contributed by atoms with E-state index in [4.69, 9.17) is 66.3 Å². The lowest BCUT2D eigenvalue weighted by Crippen LogP contribution is -2.68. The van der Waals surface area contributed by atoms with Gasteiger partial charge in [-0.3, -0.25) is 4.79 Å². The molecule has 558 valence electrons. The normalized spacial score (nSPS) is 46.0. The number of Topliss-reactive ketones (excluding diaryl/α,β-unsaturated/α-hetero) is 2. The Balaban J connectivity index is 0.945. The topological polar surface area (TPSA) is 621 Å². The summed E-state index contributed by atoms with van der Waals surface area (Å²) in [5, 5.41) is 236. The highest BCUT2D eigenvalue weighted by Gasteiger charge is 2.60. The molecule has 0 aliphatic carbocycles. The molecule has 21 aliphatic heterocycles. The number of aliphatic hydroxyl groups is 19. The summed E-state index contributed by atoms with van der Waals surface area (Å²) < 4.78 is 85.3. The summed E-state index contributed by atoms with van der Waals surface area (Å²) in [6, 6.07) is 0. The molecule has 14 unspecified atom stereocenters. The van der Waals surface area contributed by atoms with Crippen LogP contribution in [0.15, 0.2) is 12.4 Å². The smallest absolute Gasteiger partial charge is 0.187 e. The predicted molar refractivity (Wildman–Crippen MR) is 305 cm³/mol. The van der Waals surface area contributed by atoms with Crippen molar-refractivity contribution in [3.63, 3.8) is 0 Å². The van der Waals surface area contributed by atoms with Gasteiger partial charge < -0.3 is 173 Å². The van der Waals surface area contributed by atoms with E-state index in [9.17, 15) is 107 Å². The van der Waals surface area contributed by atoms with Crippen LogP contribution in [0.2, 0.25) is 0 Å². The van der Waals surface area contributed by atoms with Crippen LogP contribution in [-0.4, -0.2) is 400 Å². The number of nitrogens with zero attached hydrogens (tertiary/aromatic N) is 6. The highest BCUT2D eigenvalue weighted by atomic mass is 16.8. The van der Waals surface area contributed by atoms with Gasteiger partial charge in [0.05, 0.1) is 58.0 Å². The summed E-state index contributed by atoms with van der Waals surface area (Å²) in [7, 11) is 0. The molecule has 0 amide bonds. The maximum atomic E-state index is 13.3. The Morgan fingerprint density at radius 2 is 0.622 bits per heavy atom. The van der Waals surface area contributed by atoms with E-state index in [2.05, 4.69) is 25.9 Å². The van der Waals surface area contributed by atoms with Crippen molar-refractivity contribution in [2.24, 2.45) is 0 Å². The number of aliphatic hydroxyl groups excluding tert-OH is 19. The number of carbonyl (C=O) groups is 2. The van der Waals surface area contributed by atoms with Crippen molar-refractivity contribution >= 4 is 11.6 Å². The monoisotopic (exact) mass is 1420 g/mol. The number of ketones is 2. The van der Waals surface area contributed by atoms with Crippen molar-refractivity contribution in [1.82, 2.24) is 35.3 Å². The van der Waals surface area contributed by atoms with Gasteiger partial charge in [-0.2, -0.15) is 0 Å². The zero-order valence-corrected chi connectivity index (χ0v) is 52.8. The Morgan fingerprint density at radius 1 is 0.367 bits per heavy atom. The van der Waals surface area contributed by atoms with Crippen molar-refractivity contribution in [2.45, 2.75) is 268 Å². The summed E-state index contributed by atoms with van der Waals surface area (Å²) in [4.78, 5) is 24.6. The summed E-state index contributed by atoms with van der Waals surface area (Å²) in [5.74, 6) is -0.427. The van der Waals surface area contributed by atoms with Crippen LogP contribution in [0.4, 0.5) is 0 Å². The van der Waals surface area contributed by atoms with Gasteiger partial charge in [-0.15, -0.1) is 10.2 Å². The molecule has 0 aromatic carbocycles. The first-order valence-corrected chi connectivity index (χ1v) is 32.0. The largest absolute Gasteiger partial charge is 0.394 e. The highest BCUT2D eigenvalue weighted by Crippen LogP contribution is 2.39. The Morgan fingerprint density at radius 3 is 0.888 bits per heavy atom. The van der Waals surface area contributed by atoms with E-state index in [-0.39, 0.29) is 17.9 Å². The van der Waals surface area contributed by atoms with Crippen LogP contribution in [0, 0.1) is 6.92 Å². The van der Waals surface area contributed by atoms with Crippen molar-refractivity contribution in [1.29, 1.82) is 0 Å². The predicted octanol–water partition coefficient (Wildman–Crippen LogP) is -13.4. The number of aromatic nitrogens is 6. The molecule has 21 aliphatic rings. The van der Waals surface area contributed by atoms with Crippen LogP contribution in [-0.2, 0) is 84.2 Å². The van der Waals surface area contributed by atoms with E-state index < -0.39 is 267 Å². The van der Waals surface area contributed by atoms with E-state index in [0.717, 1.165) is 4.68 Å². The fourth-order valence-corrected chi connectivity index (χ4v) is 12.9. The minimum atomic E-state index is -2.27. The van der Waals surface area contributed by atoms with Crippen molar-refractivity contribution in [3.8, 4) is 0 Å². The van der Waals surface area contributed by atoms with Gasteiger partial charge in [-0.25, -0.2) is 9.36 Å². The van der Waals surface area contributed by atoms with E-state index in [1.54, 1.807) is 6.92 Å². The second kappa shape index (κ2) is 33.8. The number of carbonyl (C=O) groups excluding carboxylic acids is 2. The van der Waals surface area contributed by atoms with Gasteiger partial charge in [-0.05, 0) is 39.8 Å².